The van der Waals surface area contributed by atoms with Crippen LogP contribution in [0.1, 0.15) is 15.9 Å². The maximum Gasteiger partial charge on any atom is 0.547 e. The number of hydrogen-bond acceptors (Lipinski definition) is 6. The molecule has 2 heterocycles. The van der Waals surface area contributed by atoms with Crippen molar-refractivity contribution in [2.24, 2.45) is 0 Å². The fourth-order valence-electron chi connectivity index (χ4n) is 2.79. The molecule has 0 radical (unpaired) electrons. The molecule has 1 saturated heterocycles. The lowest BCUT2D eigenvalue weighted by Crippen LogP contribution is -2.55. The number of urea groups is 1. The van der Waals surface area contributed by atoms with Crippen LogP contribution in [0.25, 0.3) is 0 Å². The Kier molecular flexibility index (Phi) is 3.60. The van der Waals surface area contributed by atoms with Gasteiger partial charge >= 0.3 is 19.1 Å². The molecule has 3 N–H and O–H groups in total. The van der Waals surface area contributed by atoms with Crippen molar-refractivity contribution in [3.05, 3.63) is 23.3 Å². The van der Waals surface area contributed by atoms with Crippen molar-refractivity contribution >= 4 is 25.0 Å². The molecule has 3 rings (SSSR count). The molecule has 120 valence electrons. The Balaban J connectivity index is 2.01. The molecule has 0 aliphatic carbocycles. The molecule has 10 heteroatoms. The SMILES string of the molecule is COc1ccc2c(c1C(=O)O)OB(O)[C@@H](N1C(=O)CNC1=O)C2. The van der Waals surface area contributed by atoms with Gasteiger partial charge in [0, 0.05) is 0 Å². The third-order valence-electron chi connectivity index (χ3n) is 3.84. The van der Waals surface area contributed by atoms with Crippen LogP contribution in [-0.2, 0) is 11.2 Å². The lowest BCUT2D eigenvalue weighted by molar-refractivity contribution is -0.125. The zero-order valence-electron chi connectivity index (χ0n) is 12.1. The zero-order chi connectivity index (χ0) is 16.7. The molecular weight excluding hydrogens is 307 g/mol. The van der Waals surface area contributed by atoms with Crippen LogP contribution in [-0.4, -0.2) is 59.7 Å². The maximum atomic E-state index is 11.8. The van der Waals surface area contributed by atoms with Gasteiger partial charge in [-0.1, -0.05) is 6.07 Å². The van der Waals surface area contributed by atoms with Gasteiger partial charge in [0.15, 0.2) is 0 Å². The van der Waals surface area contributed by atoms with Gasteiger partial charge in [-0.2, -0.15) is 0 Å². The molecule has 0 aromatic heterocycles. The van der Waals surface area contributed by atoms with Crippen LogP contribution in [0, 0.1) is 0 Å². The summed E-state index contributed by atoms with van der Waals surface area (Å²) in [6.07, 6.45) is 0.0833. The molecule has 1 aromatic rings. The van der Waals surface area contributed by atoms with E-state index in [4.69, 9.17) is 9.39 Å². The van der Waals surface area contributed by atoms with Gasteiger partial charge in [0.1, 0.15) is 17.1 Å². The van der Waals surface area contributed by atoms with Crippen molar-refractivity contribution in [2.45, 2.75) is 12.4 Å². The molecule has 0 unspecified atom stereocenters. The normalized spacial score (nSPS) is 20.0. The Morgan fingerprint density at radius 3 is 2.78 bits per heavy atom. The first-order valence-corrected chi connectivity index (χ1v) is 6.81. The second-order valence-electron chi connectivity index (χ2n) is 5.14. The van der Waals surface area contributed by atoms with E-state index in [0.29, 0.717) is 5.56 Å². The van der Waals surface area contributed by atoms with E-state index in [1.807, 2.05) is 0 Å². The minimum Gasteiger partial charge on any atom is -0.534 e. The average molecular weight is 320 g/mol. The summed E-state index contributed by atoms with van der Waals surface area (Å²) in [7, 11) is -0.204. The molecule has 3 amide bonds. The van der Waals surface area contributed by atoms with Crippen LogP contribution in [0.5, 0.6) is 11.5 Å². The molecule has 0 bridgehead atoms. The Bertz CT molecular complexity index is 692. The Morgan fingerprint density at radius 1 is 1.48 bits per heavy atom. The molecule has 1 fully saturated rings. The number of ether oxygens (including phenoxy) is 1. The topological polar surface area (TPSA) is 125 Å². The van der Waals surface area contributed by atoms with Crippen molar-refractivity contribution in [3.8, 4) is 11.5 Å². The lowest BCUT2D eigenvalue weighted by Gasteiger charge is -2.32. The van der Waals surface area contributed by atoms with Gasteiger partial charge < -0.3 is 24.8 Å². The predicted molar refractivity (Wildman–Crippen MR) is 76.3 cm³/mol. The minimum atomic E-state index is -1.53. The second kappa shape index (κ2) is 5.47. The maximum absolute atomic E-state index is 11.8. The number of amides is 3. The highest BCUT2D eigenvalue weighted by Crippen LogP contribution is 2.37. The van der Waals surface area contributed by atoms with Crippen molar-refractivity contribution in [1.82, 2.24) is 10.2 Å². The van der Waals surface area contributed by atoms with Crippen molar-refractivity contribution < 1.29 is 33.9 Å². The molecule has 2 aliphatic rings. The number of carboxylic acids is 1. The van der Waals surface area contributed by atoms with Crippen LogP contribution in [0.3, 0.4) is 0 Å². The predicted octanol–water partition coefficient (Wildman–Crippen LogP) is -0.732. The zero-order valence-corrected chi connectivity index (χ0v) is 12.1. The van der Waals surface area contributed by atoms with Gasteiger partial charge in [0.2, 0.25) is 5.91 Å². The number of carbonyl (C=O) groups excluding carboxylic acids is 2. The number of benzene rings is 1. The number of hydrogen-bond donors (Lipinski definition) is 3. The number of aromatic carboxylic acids is 1. The van der Waals surface area contributed by atoms with Gasteiger partial charge in [-0.3, -0.25) is 9.69 Å². The first kappa shape index (κ1) is 15.2. The van der Waals surface area contributed by atoms with Crippen molar-refractivity contribution in [1.29, 1.82) is 0 Å². The first-order chi connectivity index (χ1) is 10.9. The number of nitrogens with zero attached hydrogens (tertiary/aromatic N) is 1. The standard InChI is InChI=1S/C13H13BN2O7/c1-22-7-3-2-6-4-8(16-9(17)5-15-13(16)20)14(21)23-11(6)10(7)12(18)19/h2-3,8,21H,4-5H2,1H3,(H,15,20)(H,18,19)/t8-/m0/s1. The second-order valence-corrected chi connectivity index (χ2v) is 5.14. The fraction of sp³-hybridized carbons (Fsp3) is 0.308. The van der Waals surface area contributed by atoms with E-state index in [1.54, 1.807) is 6.07 Å². The number of carbonyl (C=O) groups is 3. The van der Waals surface area contributed by atoms with Crippen LogP contribution in [0.2, 0.25) is 0 Å². The quantitative estimate of drug-likeness (QED) is 0.495. The number of imide groups is 1. The van der Waals surface area contributed by atoms with E-state index >= 15 is 0 Å². The molecule has 9 nitrogen and oxygen atoms in total. The molecule has 2 aliphatic heterocycles. The molecule has 0 saturated carbocycles. The highest BCUT2D eigenvalue weighted by molar-refractivity contribution is 6.47. The van der Waals surface area contributed by atoms with Crippen LogP contribution >= 0.6 is 0 Å². The van der Waals surface area contributed by atoms with Crippen LogP contribution in [0.4, 0.5) is 4.79 Å². The summed E-state index contributed by atoms with van der Waals surface area (Å²) in [5, 5.41) is 21.8. The summed E-state index contributed by atoms with van der Waals surface area (Å²) in [4.78, 5) is 35.8. The number of fused-ring (bicyclic) bond motifs is 1. The smallest absolute Gasteiger partial charge is 0.534 e. The molecule has 1 aromatic carbocycles. The summed E-state index contributed by atoms with van der Waals surface area (Å²) >= 11 is 0. The van der Waals surface area contributed by atoms with E-state index < -0.39 is 31.0 Å². The Hall–Kier alpha value is -2.75. The summed E-state index contributed by atoms with van der Waals surface area (Å²) in [5.74, 6) is -2.59. The monoisotopic (exact) mass is 320 g/mol. The highest BCUT2D eigenvalue weighted by Gasteiger charge is 2.47. The van der Waals surface area contributed by atoms with E-state index in [9.17, 15) is 24.5 Å². The molecular formula is C13H13BN2O7. The molecule has 23 heavy (non-hydrogen) atoms. The largest absolute Gasteiger partial charge is 0.547 e. The van der Waals surface area contributed by atoms with Gasteiger partial charge in [0.05, 0.1) is 19.6 Å². The van der Waals surface area contributed by atoms with E-state index in [0.717, 1.165) is 4.90 Å². The summed E-state index contributed by atoms with van der Waals surface area (Å²) in [6, 6.07) is 2.43. The Labute approximate surface area is 130 Å². The summed E-state index contributed by atoms with van der Waals surface area (Å²) < 4.78 is 10.3. The fourth-order valence-corrected chi connectivity index (χ4v) is 2.79. The number of nitrogens with one attached hydrogen (secondary N) is 1. The molecule has 0 spiro atoms. The number of rotatable bonds is 3. The van der Waals surface area contributed by atoms with E-state index in [2.05, 4.69) is 5.32 Å². The van der Waals surface area contributed by atoms with Gasteiger partial charge in [-0.25, -0.2) is 9.59 Å². The number of carboxylic acid groups (broad SMARTS) is 1. The highest BCUT2D eigenvalue weighted by atomic mass is 16.5. The van der Waals surface area contributed by atoms with Crippen LogP contribution < -0.4 is 14.7 Å². The third-order valence-corrected chi connectivity index (χ3v) is 3.84. The third kappa shape index (κ3) is 2.36. The van der Waals surface area contributed by atoms with Crippen LogP contribution in [0.15, 0.2) is 12.1 Å². The number of methoxy groups -OCH3 is 1. The summed E-state index contributed by atoms with van der Waals surface area (Å²) in [5.41, 5.74) is 0.255. The van der Waals surface area contributed by atoms with E-state index in [1.165, 1.54) is 13.2 Å². The first-order valence-electron chi connectivity index (χ1n) is 6.81. The van der Waals surface area contributed by atoms with E-state index in [-0.39, 0.29) is 30.0 Å². The van der Waals surface area contributed by atoms with Gasteiger partial charge in [0.25, 0.3) is 0 Å². The average Bonchev–Trinajstić information content (AvgIpc) is 2.84. The lowest BCUT2D eigenvalue weighted by atomic mass is 9.71. The van der Waals surface area contributed by atoms with Crippen molar-refractivity contribution in [3.63, 3.8) is 0 Å². The minimum absolute atomic E-state index is 0.0207. The van der Waals surface area contributed by atoms with Crippen molar-refractivity contribution in [2.75, 3.05) is 13.7 Å². The van der Waals surface area contributed by atoms with Gasteiger partial charge in [-0.05, 0) is 18.1 Å². The molecule has 1 atom stereocenters. The Morgan fingerprint density at radius 2 is 2.22 bits per heavy atom. The summed E-state index contributed by atoms with van der Waals surface area (Å²) in [6.45, 7) is -0.141. The van der Waals surface area contributed by atoms with Gasteiger partial charge in [-0.15, -0.1) is 0 Å².